The topological polar surface area (TPSA) is 47.8 Å². The third-order valence-electron chi connectivity index (χ3n) is 2.84. The van der Waals surface area contributed by atoms with Gasteiger partial charge in [0.2, 0.25) is 5.78 Å². The van der Waals surface area contributed by atoms with Gasteiger partial charge in [0, 0.05) is 18.9 Å². The Balaban J connectivity index is 2.29. The number of ketones is 1. The number of hydrogen-bond donors (Lipinski definition) is 0. The van der Waals surface area contributed by atoms with E-state index in [0.717, 1.165) is 24.9 Å². The van der Waals surface area contributed by atoms with E-state index in [9.17, 15) is 4.79 Å². The molecule has 0 spiro atoms. The van der Waals surface area contributed by atoms with Crippen LogP contribution in [0.15, 0.2) is 30.7 Å². The van der Waals surface area contributed by atoms with Crippen molar-refractivity contribution in [3.8, 4) is 0 Å². The molecule has 2 aromatic rings. The second kappa shape index (κ2) is 5.58. The van der Waals surface area contributed by atoms with Crippen LogP contribution in [0.2, 0.25) is 0 Å². The Morgan fingerprint density at radius 3 is 2.94 bits per heavy atom. The summed E-state index contributed by atoms with van der Waals surface area (Å²) >= 11 is 0. The van der Waals surface area contributed by atoms with E-state index in [-0.39, 0.29) is 5.78 Å². The van der Waals surface area contributed by atoms with Crippen molar-refractivity contribution in [2.75, 3.05) is 0 Å². The molecule has 0 aliphatic heterocycles. The van der Waals surface area contributed by atoms with Gasteiger partial charge in [0.15, 0.2) is 0 Å². The van der Waals surface area contributed by atoms with Crippen LogP contribution in [-0.4, -0.2) is 20.5 Å². The number of rotatable bonds is 5. The summed E-state index contributed by atoms with van der Waals surface area (Å²) in [5, 5.41) is 4.18. The molecule has 0 unspecified atom stereocenters. The van der Waals surface area contributed by atoms with Crippen LogP contribution in [0, 0.1) is 0 Å². The second-order valence-electron chi connectivity index (χ2n) is 4.19. The van der Waals surface area contributed by atoms with E-state index in [1.807, 2.05) is 19.1 Å². The number of carbonyl (C=O) groups is 1. The molecule has 0 bridgehead atoms. The highest BCUT2D eigenvalue weighted by Gasteiger charge is 2.15. The largest absolute Gasteiger partial charge is 0.287 e. The molecule has 4 nitrogen and oxygen atoms in total. The zero-order valence-corrected chi connectivity index (χ0v) is 10.8. The molecule has 0 saturated heterocycles. The average molecular weight is 243 g/mol. The van der Waals surface area contributed by atoms with Crippen LogP contribution in [0.5, 0.6) is 0 Å². The predicted molar refractivity (Wildman–Crippen MR) is 69.6 cm³/mol. The van der Waals surface area contributed by atoms with E-state index >= 15 is 0 Å². The summed E-state index contributed by atoms with van der Waals surface area (Å²) in [6, 6.07) is 3.80. The van der Waals surface area contributed by atoms with Crippen LogP contribution in [0.1, 0.15) is 41.9 Å². The first kappa shape index (κ1) is 12.5. The van der Waals surface area contributed by atoms with Crippen molar-refractivity contribution in [1.82, 2.24) is 14.8 Å². The Kier molecular flexibility index (Phi) is 3.87. The van der Waals surface area contributed by atoms with Crippen LogP contribution >= 0.6 is 0 Å². The molecule has 0 radical (unpaired) electrons. The van der Waals surface area contributed by atoms with E-state index in [2.05, 4.69) is 17.0 Å². The van der Waals surface area contributed by atoms with E-state index in [1.54, 1.807) is 23.3 Å². The van der Waals surface area contributed by atoms with E-state index in [0.29, 0.717) is 11.3 Å². The summed E-state index contributed by atoms with van der Waals surface area (Å²) in [7, 11) is 0. The van der Waals surface area contributed by atoms with Crippen molar-refractivity contribution < 1.29 is 4.79 Å². The van der Waals surface area contributed by atoms with Crippen molar-refractivity contribution in [2.24, 2.45) is 0 Å². The Hall–Kier alpha value is -1.97. The fraction of sp³-hybridized carbons (Fsp3) is 0.357. The van der Waals surface area contributed by atoms with Crippen LogP contribution in [-0.2, 0) is 13.0 Å². The third-order valence-corrected chi connectivity index (χ3v) is 2.84. The number of aromatic nitrogens is 3. The number of aryl methyl sites for hydroxylation is 2. The van der Waals surface area contributed by atoms with Crippen LogP contribution in [0.4, 0.5) is 0 Å². The van der Waals surface area contributed by atoms with Gasteiger partial charge in [-0.15, -0.1) is 0 Å². The second-order valence-corrected chi connectivity index (χ2v) is 4.19. The maximum absolute atomic E-state index is 12.3. The Labute approximate surface area is 107 Å². The first-order valence-electron chi connectivity index (χ1n) is 6.27. The minimum absolute atomic E-state index is 0.0465. The lowest BCUT2D eigenvalue weighted by molar-refractivity contribution is 0.103. The zero-order chi connectivity index (χ0) is 13.0. The first-order valence-corrected chi connectivity index (χ1v) is 6.27. The number of hydrogen-bond acceptors (Lipinski definition) is 3. The number of carbonyl (C=O) groups excluding carboxylic acids is 1. The van der Waals surface area contributed by atoms with Gasteiger partial charge in [-0.3, -0.25) is 14.5 Å². The fourth-order valence-corrected chi connectivity index (χ4v) is 1.90. The van der Waals surface area contributed by atoms with Gasteiger partial charge in [-0.1, -0.05) is 19.9 Å². The highest BCUT2D eigenvalue weighted by atomic mass is 16.1. The maximum Gasteiger partial charge on any atom is 0.214 e. The van der Waals surface area contributed by atoms with Gasteiger partial charge >= 0.3 is 0 Å². The minimum atomic E-state index is -0.0465. The molecule has 94 valence electrons. The minimum Gasteiger partial charge on any atom is -0.287 e. The number of nitrogens with zero attached hydrogens (tertiary/aromatic N) is 3. The zero-order valence-electron chi connectivity index (χ0n) is 10.8. The summed E-state index contributed by atoms with van der Waals surface area (Å²) in [5.74, 6) is -0.0465. The molecular weight excluding hydrogens is 226 g/mol. The highest BCUT2D eigenvalue weighted by Crippen LogP contribution is 2.12. The summed E-state index contributed by atoms with van der Waals surface area (Å²) < 4.78 is 1.79. The molecule has 0 amide bonds. The monoisotopic (exact) mass is 243 g/mol. The smallest absolute Gasteiger partial charge is 0.214 e. The maximum atomic E-state index is 12.3. The molecular formula is C14H17N3O. The van der Waals surface area contributed by atoms with E-state index in [1.165, 1.54) is 0 Å². The molecule has 2 heterocycles. The number of pyridine rings is 1. The average Bonchev–Trinajstić information content (AvgIpc) is 2.87. The van der Waals surface area contributed by atoms with Crippen LogP contribution < -0.4 is 0 Å². The Bertz CT molecular complexity index is 545. The molecule has 0 fully saturated rings. The normalized spacial score (nSPS) is 10.6. The third kappa shape index (κ3) is 2.47. The standard InChI is InChI=1S/C14H17N3O/c1-3-8-17-10-12(9-16-17)14(18)13-11(4-2)6-5-7-15-13/h5-7,9-10H,3-4,8H2,1-2H3. The van der Waals surface area contributed by atoms with Gasteiger partial charge in [0.05, 0.1) is 11.8 Å². The lowest BCUT2D eigenvalue weighted by Crippen LogP contribution is -2.07. The lowest BCUT2D eigenvalue weighted by Gasteiger charge is -2.03. The Morgan fingerprint density at radius 1 is 1.39 bits per heavy atom. The molecule has 0 aliphatic rings. The van der Waals surface area contributed by atoms with E-state index < -0.39 is 0 Å². The molecule has 0 N–H and O–H groups in total. The molecule has 0 aliphatic carbocycles. The van der Waals surface area contributed by atoms with Gasteiger partial charge in [0.1, 0.15) is 5.69 Å². The van der Waals surface area contributed by atoms with Crippen molar-refractivity contribution in [1.29, 1.82) is 0 Å². The van der Waals surface area contributed by atoms with Crippen molar-refractivity contribution in [2.45, 2.75) is 33.2 Å². The van der Waals surface area contributed by atoms with Gasteiger partial charge in [-0.25, -0.2) is 0 Å². The van der Waals surface area contributed by atoms with Crippen molar-refractivity contribution >= 4 is 5.78 Å². The SMILES string of the molecule is CCCn1cc(C(=O)c2ncccc2CC)cn1. The molecule has 2 rings (SSSR count). The molecule has 18 heavy (non-hydrogen) atoms. The first-order chi connectivity index (χ1) is 8.76. The van der Waals surface area contributed by atoms with Crippen LogP contribution in [0.25, 0.3) is 0 Å². The molecule has 0 saturated carbocycles. The summed E-state index contributed by atoms with van der Waals surface area (Å²) in [6.07, 6.45) is 6.87. The van der Waals surface area contributed by atoms with Gasteiger partial charge in [-0.2, -0.15) is 5.10 Å². The predicted octanol–water partition coefficient (Wildman–Crippen LogP) is 2.48. The molecule has 2 aromatic heterocycles. The van der Waals surface area contributed by atoms with Crippen LogP contribution in [0.3, 0.4) is 0 Å². The van der Waals surface area contributed by atoms with Gasteiger partial charge < -0.3 is 0 Å². The van der Waals surface area contributed by atoms with Crippen molar-refractivity contribution in [3.05, 3.63) is 47.5 Å². The quantitative estimate of drug-likeness (QED) is 0.758. The fourth-order valence-electron chi connectivity index (χ4n) is 1.90. The highest BCUT2D eigenvalue weighted by molar-refractivity contribution is 6.08. The summed E-state index contributed by atoms with van der Waals surface area (Å²) in [6.45, 7) is 4.93. The Morgan fingerprint density at radius 2 is 2.22 bits per heavy atom. The van der Waals surface area contributed by atoms with E-state index in [4.69, 9.17) is 0 Å². The van der Waals surface area contributed by atoms with Gasteiger partial charge in [0.25, 0.3) is 0 Å². The molecule has 0 atom stereocenters. The molecule has 4 heteroatoms. The summed E-state index contributed by atoms with van der Waals surface area (Å²) in [5.41, 5.74) is 2.12. The molecule has 0 aromatic carbocycles. The summed E-state index contributed by atoms with van der Waals surface area (Å²) in [4.78, 5) is 16.5. The van der Waals surface area contributed by atoms with Gasteiger partial charge in [-0.05, 0) is 24.5 Å². The van der Waals surface area contributed by atoms with Crippen molar-refractivity contribution in [3.63, 3.8) is 0 Å². The lowest BCUT2D eigenvalue weighted by atomic mass is 10.0.